The molecule has 6 nitrogen and oxygen atoms in total. The number of anilines is 4. The normalized spacial score (nSPS) is 10.2. The van der Waals surface area contributed by atoms with Crippen molar-refractivity contribution < 1.29 is 4.74 Å². The molecule has 0 aliphatic rings. The summed E-state index contributed by atoms with van der Waals surface area (Å²) >= 11 is 5.99. The van der Waals surface area contributed by atoms with E-state index in [2.05, 4.69) is 20.6 Å². The molecule has 0 spiro atoms. The molecule has 0 amide bonds. The molecule has 0 aliphatic carbocycles. The van der Waals surface area contributed by atoms with Crippen molar-refractivity contribution in [1.29, 1.82) is 0 Å². The number of benzene rings is 1. The lowest BCUT2D eigenvalue weighted by Gasteiger charge is -2.12. The number of nitrogens with one attached hydrogen (secondary N) is 2. The first kappa shape index (κ1) is 14.2. The monoisotopic (exact) mass is 293 g/mol. The van der Waals surface area contributed by atoms with Gasteiger partial charge in [0.2, 0.25) is 5.95 Å². The van der Waals surface area contributed by atoms with Crippen LogP contribution in [-0.4, -0.2) is 23.6 Å². The summed E-state index contributed by atoms with van der Waals surface area (Å²) in [7, 11) is 1.59. The zero-order valence-electron chi connectivity index (χ0n) is 11.3. The van der Waals surface area contributed by atoms with E-state index < -0.39 is 0 Å². The van der Waals surface area contributed by atoms with Crippen LogP contribution in [0.15, 0.2) is 24.3 Å². The van der Waals surface area contributed by atoms with Crippen LogP contribution in [0.25, 0.3) is 0 Å². The maximum absolute atomic E-state index is 5.99. The number of halogens is 1. The molecule has 2 aromatic rings. The molecule has 7 heteroatoms. The first-order valence-electron chi connectivity index (χ1n) is 6.11. The molecule has 0 aliphatic heterocycles. The first-order chi connectivity index (χ1) is 9.62. The highest BCUT2D eigenvalue weighted by Gasteiger charge is 2.07. The quantitative estimate of drug-likeness (QED) is 0.786. The van der Waals surface area contributed by atoms with Gasteiger partial charge in [-0.05, 0) is 25.1 Å². The molecule has 106 valence electrons. The van der Waals surface area contributed by atoms with Gasteiger partial charge in [0.15, 0.2) is 0 Å². The number of rotatable bonds is 5. The second kappa shape index (κ2) is 6.29. The van der Waals surface area contributed by atoms with E-state index >= 15 is 0 Å². The molecule has 2 rings (SSSR count). The van der Waals surface area contributed by atoms with E-state index in [1.165, 1.54) is 0 Å². The average molecular weight is 294 g/mol. The molecule has 1 aromatic heterocycles. The molecule has 0 saturated heterocycles. The van der Waals surface area contributed by atoms with E-state index in [0.29, 0.717) is 28.1 Å². The van der Waals surface area contributed by atoms with Crippen molar-refractivity contribution in [2.45, 2.75) is 6.92 Å². The minimum atomic E-state index is 0.187. The van der Waals surface area contributed by atoms with Gasteiger partial charge in [0.05, 0.1) is 12.8 Å². The third kappa shape index (κ3) is 3.42. The Kier molecular flexibility index (Phi) is 4.47. The van der Waals surface area contributed by atoms with Gasteiger partial charge in [-0.3, -0.25) is 0 Å². The van der Waals surface area contributed by atoms with Crippen LogP contribution in [0.3, 0.4) is 0 Å². The molecule has 0 bridgehead atoms. The number of nitrogens with zero attached hydrogens (tertiary/aromatic N) is 2. The second-order valence-corrected chi connectivity index (χ2v) is 4.43. The topological polar surface area (TPSA) is 85.1 Å². The first-order valence-corrected chi connectivity index (χ1v) is 6.49. The van der Waals surface area contributed by atoms with Crippen molar-refractivity contribution in [3.05, 3.63) is 29.3 Å². The fourth-order valence-corrected chi connectivity index (χ4v) is 1.89. The molecule has 0 saturated carbocycles. The molecular weight excluding hydrogens is 278 g/mol. The summed E-state index contributed by atoms with van der Waals surface area (Å²) in [5.41, 5.74) is 6.39. The summed E-state index contributed by atoms with van der Waals surface area (Å²) in [6.07, 6.45) is 0. The standard InChI is InChI=1S/C13H16ClN5O/c1-3-16-11-7-12(19-13(15)18-11)17-9-6-8(14)4-5-10(9)20-2/h4-7H,3H2,1-2H3,(H4,15,16,17,18,19). The zero-order valence-corrected chi connectivity index (χ0v) is 12.0. The summed E-state index contributed by atoms with van der Waals surface area (Å²) in [6.45, 7) is 2.72. The largest absolute Gasteiger partial charge is 0.495 e. The van der Waals surface area contributed by atoms with Crippen molar-refractivity contribution in [2.24, 2.45) is 0 Å². The van der Waals surface area contributed by atoms with E-state index in [1.54, 1.807) is 31.4 Å². The van der Waals surface area contributed by atoms with Crippen molar-refractivity contribution in [3.63, 3.8) is 0 Å². The minimum absolute atomic E-state index is 0.187. The fourth-order valence-electron chi connectivity index (χ4n) is 1.72. The van der Waals surface area contributed by atoms with Gasteiger partial charge in [-0.2, -0.15) is 9.97 Å². The van der Waals surface area contributed by atoms with Gasteiger partial charge in [0.1, 0.15) is 17.4 Å². The van der Waals surface area contributed by atoms with E-state index in [9.17, 15) is 0 Å². The molecule has 0 radical (unpaired) electrons. The third-order valence-corrected chi connectivity index (χ3v) is 2.76. The van der Waals surface area contributed by atoms with Crippen LogP contribution in [0.5, 0.6) is 5.75 Å². The van der Waals surface area contributed by atoms with Crippen LogP contribution in [0.4, 0.5) is 23.3 Å². The summed E-state index contributed by atoms with van der Waals surface area (Å²) in [4.78, 5) is 8.22. The number of hydrogen-bond donors (Lipinski definition) is 3. The van der Waals surface area contributed by atoms with Crippen molar-refractivity contribution in [2.75, 3.05) is 30.0 Å². The van der Waals surface area contributed by atoms with E-state index in [1.807, 2.05) is 6.92 Å². The van der Waals surface area contributed by atoms with Gasteiger partial charge >= 0.3 is 0 Å². The highest BCUT2D eigenvalue weighted by Crippen LogP contribution is 2.30. The van der Waals surface area contributed by atoms with Gasteiger partial charge in [0, 0.05) is 17.6 Å². The van der Waals surface area contributed by atoms with Gasteiger partial charge in [-0.1, -0.05) is 11.6 Å². The molecule has 1 heterocycles. The van der Waals surface area contributed by atoms with Crippen LogP contribution in [0.2, 0.25) is 5.02 Å². The van der Waals surface area contributed by atoms with E-state index in [-0.39, 0.29) is 5.95 Å². The molecular formula is C13H16ClN5O. The van der Waals surface area contributed by atoms with E-state index in [4.69, 9.17) is 22.1 Å². The van der Waals surface area contributed by atoms with E-state index in [0.717, 1.165) is 6.54 Å². The molecule has 0 atom stereocenters. The predicted molar refractivity (Wildman–Crippen MR) is 81.9 cm³/mol. The Morgan fingerprint density at radius 3 is 2.70 bits per heavy atom. The molecule has 0 fully saturated rings. The average Bonchev–Trinajstić information content (AvgIpc) is 2.38. The Hall–Kier alpha value is -2.21. The van der Waals surface area contributed by atoms with Crippen molar-refractivity contribution in [3.8, 4) is 5.75 Å². The second-order valence-electron chi connectivity index (χ2n) is 4.00. The smallest absolute Gasteiger partial charge is 0.223 e. The Labute approximate surface area is 122 Å². The predicted octanol–water partition coefficient (Wildman–Crippen LogP) is 2.90. The number of nitrogens with two attached hydrogens (primary N) is 1. The SMILES string of the molecule is CCNc1cc(Nc2cc(Cl)ccc2OC)nc(N)n1. The maximum atomic E-state index is 5.99. The summed E-state index contributed by atoms with van der Waals surface area (Å²) in [6, 6.07) is 7.05. The maximum Gasteiger partial charge on any atom is 0.223 e. The van der Waals surface area contributed by atoms with Gasteiger partial charge < -0.3 is 21.1 Å². The van der Waals surface area contributed by atoms with Crippen molar-refractivity contribution >= 4 is 34.9 Å². The molecule has 4 N–H and O–H groups in total. The number of hydrogen-bond acceptors (Lipinski definition) is 6. The number of aromatic nitrogens is 2. The number of ether oxygens (including phenoxy) is 1. The summed E-state index contributed by atoms with van der Waals surface area (Å²) in [5, 5.41) is 6.81. The zero-order chi connectivity index (χ0) is 14.5. The summed E-state index contributed by atoms with van der Waals surface area (Å²) in [5.74, 6) is 2.07. The van der Waals surface area contributed by atoms with Crippen LogP contribution in [-0.2, 0) is 0 Å². The van der Waals surface area contributed by atoms with Crippen LogP contribution < -0.4 is 21.1 Å². The van der Waals surface area contributed by atoms with Gasteiger partial charge in [-0.25, -0.2) is 0 Å². The highest BCUT2D eigenvalue weighted by molar-refractivity contribution is 6.31. The van der Waals surface area contributed by atoms with Crippen LogP contribution in [0.1, 0.15) is 6.92 Å². The lowest BCUT2D eigenvalue weighted by atomic mass is 10.3. The molecule has 1 aromatic carbocycles. The highest BCUT2D eigenvalue weighted by atomic mass is 35.5. The van der Waals surface area contributed by atoms with Gasteiger partial charge in [-0.15, -0.1) is 0 Å². The Morgan fingerprint density at radius 1 is 1.25 bits per heavy atom. The lowest BCUT2D eigenvalue weighted by Crippen LogP contribution is -2.06. The van der Waals surface area contributed by atoms with Crippen molar-refractivity contribution in [1.82, 2.24) is 9.97 Å². The Balaban J connectivity index is 2.31. The van der Waals surface area contributed by atoms with Crippen LogP contribution in [0, 0.1) is 0 Å². The number of nitrogen functional groups attached to an aromatic ring is 1. The van der Waals surface area contributed by atoms with Crippen LogP contribution >= 0.6 is 11.6 Å². The molecule has 0 unspecified atom stereocenters. The molecule has 20 heavy (non-hydrogen) atoms. The lowest BCUT2D eigenvalue weighted by molar-refractivity contribution is 0.417. The Morgan fingerprint density at radius 2 is 2.00 bits per heavy atom. The minimum Gasteiger partial charge on any atom is -0.495 e. The summed E-state index contributed by atoms with van der Waals surface area (Å²) < 4.78 is 5.27. The third-order valence-electron chi connectivity index (χ3n) is 2.53. The fraction of sp³-hybridized carbons (Fsp3) is 0.231. The number of methoxy groups -OCH3 is 1. The van der Waals surface area contributed by atoms with Gasteiger partial charge in [0.25, 0.3) is 0 Å². The Bertz CT molecular complexity index is 605.